The molecule has 0 saturated heterocycles. The number of benzene rings is 2. The van der Waals surface area contributed by atoms with Crippen LogP contribution in [0.5, 0.6) is 0 Å². The zero-order valence-corrected chi connectivity index (χ0v) is 11.7. The summed E-state index contributed by atoms with van der Waals surface area (Å²) in [5, 5.41) is 4.08. The van der Waals surface area contributed by atoms with Crippen LogP contribution in [0.15, 0.2) is 47.6 Å². The quantitative estimate of drug-likeness (QED) is 0.901. The summed E-state index contributed by atoms with van der Waals surface area (Å²) in [6, 6.07) is 12.6. The second kappa shape index (κ2) is 5.48. The van der Waals surface area contributed by atoms with Crippen molar-refractivity contribution in [2.75, 3.05) is 0 Å². The molecule has 1 N–H and O–H groups in total. The molecule has 4 heteroatoms. The van der Waals surface area contributed by atoms with Crippen molar-refractivity contribution in [3.63, 3.8) is 0 Å². The molecule has 0 aliphatic carbocycles. The van der Waals surface area contributed by atoms with Crippen molar-refractivity contribution in [2.45, 2.75) is 19.8 Å². The highest BCUT2D eigenvalue weighted by molar-refractivity contribution is 6.04. The van der Waals surface area contributed by atoms with Crippen LogP contribution < -0.4 is 5.43 Å². The van der Waals surface area contributed by atoms with Crippen LogP contribution in [0.4, 0.5) is 4.39 Å². The molecule has 1 aliphatic rings. The van der Waals surface area contributed by atoms with Gasteiger partial charge in [0.2, 0.25) is 5.91 Å². The lowest BCUT2D eigenvalue weighted by molar-refractivity contribution is -0.121. The molecule has 0 fully saturated rings. The predicted molar refractivity (Wildman–Crippen MR) is 80.5 cm³/mol. The molecule has 1 amide bonds. The molecule has 0 atom stereocenters. The van der Waals surface area contributed by atoms with Crippen LogP contribution in [0, 0.1) is 12.7 Å². The molecule has 0 saturated carbocycles. The Morgan fingerprint density at radius 2 is 1.90 bits per heavy atom. The maximum absolute atomic E-state index is 13.9. The summed E-state index contributed by atoms with van der Waals surface area (Å²) >= 11 is 0. The van der Waals surface area contributed by atoms with Crippen molar-refractivity contribution in [2.24, 2.45) is 5.10 Å². The summed E-state index contributed by atoms with van der Waals surface area (Å²) in [7, 11) is 0. The van der Waals surface area contributed by atoms with Crippen LogP contribution in [0.2, 0.25) is 0 Å². The van der Waals surface area contributed by atoms with Crippen molar-refractivity contribution in [3.8, 4) is 11.1 Å². The first-order valence-electron chi connectivity index (χ1n) is 6.86. The predicted octanol–water partition coefficient (Wildman–Crippen LogP) is 3.42. The Morgan fingerprint density at radius 1 is 1.10 bits per heavy atom. The monoisotopic (exact) mass is 282 g/mol. The summed E-state index contributed by atoms with van der Waals surface area (Å²) < 4.78 is 13.9. The molecule has 1 heterocycles. The molecule has 3 rings (SSSR count). The average molecular weight is 282 g/mol. The number of hydrogen-bond acceptors (Lipinski definition) is 2. The average Bonchev–Trinajstić information content (AvgIpc) is 2.49. The van der Waals surface area contributed by atoms with Gasteiger partial charge in [-0.2, -0.15) is 5.10 Å². The Balaban J connectivity index is 1.97. The molecule has 0 bridgehead atoms. The van der Waals surface area contributed by atoms with E-state index in [1.54, 1.807) is 12.1 Å². The summed E-state index contributed by atoms with van der Waals surface area (Å²) in [5.41, 5.74) is 6.77. The minimum atomic E-state index is -0.226. The first kappa shape index (κ1) is 13.5. The van der Waals surface area contributed by atoms with Gasteiger partial charge in [0.1, 0.15) is 5.82 Å². The fourth-order valence-corrected chi connectivity index (χ4v) is 2.51. The molecule has 1 aliphatic heterocycles. The molecule has 0 unspecified atom stereocenters. The lowest BCUT2D eigenvalue weighted by Gasteiger charge is -2.14. The third kappa shape index (κ3) is 2.70. The maximum atomic E-state index is 13.9. The number of halogens is 1. The molecule has 2 aromatic rings. The fraction of sp³-hybridized carbons (Fsp3) is 0.176. The number of rotatable bonds is 2. The van der Waals surface area contributed by atoms with Crippen LogP contribution >= 0.6 is 0 Å². The minimum absolute atomic E-state index is 0.0570. The number of carbonyl (C=O) groups excluding carboxylic acids is 1. The zero-order valence-electron chi connectivity index (χ0n) is 11.7. The normalized spacial score (nSPS) is 14.6. The topological polar surface area (TPSA) is 41.5 Å². The van der Waals surface area contributed by atoms with E-state index in [1.165, 1.54) is 6.07 Å². The summed E-state index contributed by atoms with van der Waals surface area (Å²) in [5.74, 6) is -0.283. The van der Waals surface area contributed by atoms with Gasteiger partial charge in [0, 0.05) is 18.4 Å². The largest absolute Gasteiger partial charge is 0.273 e. The van der Waals surface area contributed by atoms with Gasteiger partial charge in [-0.15, -0.1) is 0 Å². The van der Waals surface area contributed by atoms with Crippen LogP contribution in [-0.4, -0.2) is 11.6 Å². The van der Waals surface area contributed by atoms with E-state index in [1.807, 2.05) is 31.2 Å². The van der Waals surface area contributed by atoms with Crippen molar-refractivity contribution >= 4 is 11.6 Å². The standard InChI is InChI=1S/C17H15FN2O/c1-11-10-12(16-8-9-17(21)20-19-16)6-7-13(11)14-4-2-3-5-15(14)18/h2-7,10H,8-9H2,1H3,(H,20,21). The smallest absolute Gasteiger partial charge is 0.240 e. The number of amides is 1. The van der Waals surface area contributed by atoms with E-state index < -0.39 is 0 Å². The van der Waals surface area contributed by atoms with E-state index in [0.717, 1.165) is 22.4 Å². The number of aryl methyl sites for hydroxylation is 1. The van der Waals surface area contributed by atoms with E-state index in [-0.39, 0.29) is 11.7 Å². The Labute approximate surface area is 122 Å². The molecular weight excluding hydrogens is 267 g/mol. The van der Waals surface area contributed by atoms with Crippen molar-refractivity contribution in [3.05, 3.63) is 59.4 Å². The van der Waals surface area contributed by atoms with Crippen molar-refractivity contribution in [1.82, 2.24) is 5.43 Å². The van der Waals surface area contributed by atoms with Gasteiger partial charge in [0.25, 0.3) is 0 Å². The molecule has 0 aromatic heterocycles. The van der Waals surface area contributed by atoms with Crippen LogP contribution in [0.25, 0.3) is 11.1 Å². The first-order chi connectivity index (χ1) is 10.1. The number of nitrogens with one attached hydrogen (secondary N) is 1. The summed E-state index contributed by atoms with van der Waals surface area (Å²) in [4.78, 5) is 11.1. The molecule has 0 spiro atoms. The lowest BCUT2D eigenvalue weighted by Crippen LogP contribution is -2.25. The van der Waals surface area contributed by atoms with Gasteiger partial charge in [0.15, 0.2) is 0 Å². The van der Waals surface area contributed by atoms with E-state index in [0.29, 0.717) is 18.4 Å². The third-order valence-corrected chi connectivity index (χ3v) is 3.63. The van der Waals surface area contributed by atoms with E-state index in [9.17, 15) is 9.18 Å². The highest BCUT2D eigenvalue weighted by atomic mass is 19.1. The Morgan fingerprint density at radius 3 is 2.57 bits per heavy atom. The number of hydrogen-bond donors (Lipinski definition) is 1. The molecule has 21 heavy (non-hydrogen) atoms. The van der Waals surface area contributed by atoms with Gasteiger partial charge in [0.05, 0.1) is 5.71 Å². The molecular formula is C17H15FN2O. The van der Waals surface area contributed by atoms with Gasteiger partial charge >= 0.3 is 0 Å². The van der Waals surface area contributed by atoms with E-state index in [4.69, 9.17) is 0 Å². The Bertz CT molecular complexity index is 737. The van der Waals surface area contributed by atoms with Gasteiger partial charge in [-0.3, -0.25) is 4.79 Å². The number of carbonyl (C=O) groups is 1. The molecule has 0 radical (unpaired) electrons. The van der Waals surface area contributed by atoms with Crippen LogP contribution in [0.3, 0.4) is 0 Å². The van der Waals surface area contributed by atoms with Gasteiger partial charge in [-0.25, -0.2) is 9.82 Å². The third-order valence-electron chi connectivity index (χ3n) is 3.63. The number of hydrazone groups is 1. The first-order valence-corrected chi connectivity index (χ1v) is 6.86. The zero-order chi connectivity index (χ0) is 14.8. The maximum Gasteiger partial charge on any atom is 0.240 e. The van der Waals surface area contributed by atoms with Gasteiger partial charge < -0.3 is 0 Å². The molecule has 106 valence electrons. The summed E-state index contributed by atoms with van der Waals surface area (Å²) in [6.07, 6.45) is 1.08. The van der Waals surface area contributed by atoms with Gasteiger partial charge in [-0.1, -0.05) is 30.3 Å². The van der Waals surface area contributed by atoms with E-state index >= 15 is 0 Å². The van der Waals surface area contributed by atoms with Gasteiger partial charge in [-0.05, 0) is 35.7 Å². The highest BCUT2D eigenvalue weighted by Gasteiger charge is 2.14. The lowest BCUT2D eigenvalue weighted by atomic mass is 9.95. The number of nitrogens with zero attached hydrogens (tertiary/aromatic N) is 1. The van der Waals surface area contributed by atoms with Crippen LogP contribution in [-0.2, 0) is 4.79 Å². The highest BCUT2D eigenvalue weighted by Crippen LogP contribution is 2.27. The molecule has 3 nitrogen and oxygen atoms in total. The summed E-state index contributed by atoms with van der Waals surface area (Å²) in [6.45, 7) is 1.95. The Kier molecular flexibility index (Phi) is 3.52. The second-order valence-electron chi connectivity index (χ2n) is 5.10. The molecule has 2 aromatic carbocycles. The van der Waals surface area contributed by atoms with Crippen molar-refractivity contribution in [1.29, 1.82) is 0 Å². The second-order valence-corrected chi connectivity index (χ2v) is 5.10. The van der Waals surface area contributed by atoms with Crippen molar-refractivity contribution < 1.29 is 9.18 Å². The minimum Gasteiger partial charge on any atom is -0.273 e. The van der Waals surface area contributed by atoms with E-state index in [2.05, 4.69) is 10.5 Å². The Hall–Kier alpha value is -2.49. The van der Waals surface area contributed by atoms with Crippen LogP contribution in [0.1, 0.15) is 24.0 Å². The SMILES string of the molecule is Cc1cc(C2=NNC(=O)CC2)ccc1-c1ccccc1F. The fourth-order valence-electron chi connectivity index (χ4n) is 2.51.